The van der Waals surface area contributed by atoms with Gasteiger partial charge in [0.15, 0.2) is 15.5 Å². The second-order valence-corrected chi connectivity index (χ2v) is 10.4. The number of urea groups is 1. The van der Waals surface area contributed by atoms with Crippen molar-refractivity contribution in [1.29, 1.82) is 0 Å². The first-order valence-corrected chi connectivity index (χ1v) is 12.4. The number of benzene rings is 2. The number of hydrogen-bond acceptors (Lipinski definition) is 5. The van der Waals surface area contributed by atoms with Crippen molar-refractivity contribution < 1.29 is 26.4 Å². The number of anilines is 1. The Hall–Kier alpha value is -3.64. The predicted molar refractivity (Wildman–Crippen MR) is 124 cm³/mol. The van der Waals surface area contributed by atoms with Gasteiger partial charge in [0.1, 0.15) is 0 Å². The molecule has 0 atom stereocenters. The summed E-state index contributed by atoms with van der Waals surface area (Å²) in [5.41, 5.74) is 5.43. The van der Waals surface area contributed by atoms with Crippen LogP contribution in [0.3, 0.4) is 0 Å². The minimum atomic E-state index is -4.67. The first-order chi connectivity index (χ1) is 15.9. The van der Waals surface area contributed by atoms with Crippen LogP contribution in [0.2, 0.25) is 0 Å². The number of thiophene rings is 1. The van der Waals surface area contributed by atoms with E-state index >= 15 is 0 Å². The predicted octanol–water partition coefficient (Wildman–Crippen LogP) is 5.18. The molecule has 2 aromatic carbocycles. The van der Waals surface area contributed by atoms with Crippen molar-refractivity contribution >= 4 is 32.9 Å². The minimum Gasteiger partial charge on any atom is -0.351 e. The number of primary amides is 1. The number of halogens is 3. The van der Waals surface area contributed by atoms with Crippen LogP contribution < -0.4 is 11.1 Å². The van der Waals surface area contributed by atoms with Crippen molar-refractivity contribution in [3.8, 4) is 26.7 Å². The van der Waals surface area contributed by atoms with Gasteiger partial charge in [-0.05, 0) is 54.1 Å². The fraction of sp³-hybridized carbons (Fsp3) is 0.0909. The Morgan fingerprint density at radius 2 is 1.74 bits per heavy atom. The lowest BCUT2D eigenvalue weighted by Crippen LogP contribution is -2.19. The quantitative estimate of drug-likeness (QED) is 0.389. The van der Waals surface area contributed by atoms with Gasteiger partial charge < -0.3 is 11.1 Å². The standard InChI is InChI=1S/C22H17F3N4O3S2/c1-34(31,32)16-7-2-4-13(10-16)18-8-9-19(33-18)17-12-20(22(23,24)25)28-29(17)15-6-3-5-14(11-15)27-21(26)30/h2-12H,1H3,(H3,26,27,30). The minimum absolute atomic E-state index is 0.142. The number of carbonyl (C=O) groups excluding carboxylic acids is 1. The van der Waals surface area contributed by atoms with Crippen LogP contribution in [-0.4, -0.2) is 30.5 Å². The van der Waals surface area contributed by atoms with E-state index in [-0.39, 0.29) is 16.3 Å². The van der Waals surface area contributed by atoms with E-state index in [2.05, 4.69) is 10.4 Å². The maximum absolute atomic E-state index is 13.5. The SMILES string of the molecule is CS(=O)(=O)c1cccc(-c2ccc(-c3cc(C(F)(F)F)nn3-c3cccc(NC(N)=O)c3)s2)c1. The molecule has 2 amide bonds. The summed E-state index contributed by atoms with van der Waals surface area (Å²) in [7, 11) is -3.42. The summed E-state index contributed by atoms with van der Waals surface area (Å²) in [6.07, 6.45) is -3.57. The molecule has 0 bridgehead atoms. The van der Waals surface area contributed by atoms with Crippen molar-refractivity contribution in [2.24, 2.45) is 5.73 Å². The summed E-state index contributed by atoms with van der Waals surface area (Å²) in [5, 5.41) is 6.14. The second kappa shape index (κ2) is 8.61. The molecule has 4 aromatic rings. The van der Waals surface area contributed by atoms with Crippen LogP contribution in [0.4, 0.5) is 23.7 Å². The highest BCUT2D eigenvalue weighted by atomic mass is 32.2. The number of rotatable bonds is 5. The zero-order valence-electron chi connectivity index (χ0n) is 17.5. The van der Waals surface area contributed by atoms with Crippen molar-refractivity contribution in [3.05, 3.63) is 72.4 Å². The molecule has 7 nitrogen and oxygen atoms in total. The van der Waals surface area contributed by atoms with Gasteiger partial charge >= 0.3 is 12.2 Å². The highest BCUT2D eigenvalue weighted by Crippen LogP contribution is 2.39. The van der Waals surface area contributed by atoms with E-state index in [4.69, 9.17) is 5.73 Å². The van der Waals surface area contributed by atoms with Gasteiger partial charge in [0.25, 0.3) is 0 Å². The molecule has 0 spiro atoms. The maximum atomic E-state index is 13.5. The number of amides is 2. The summed E-state index contributed by atoms with van der Waals surface area (Å²) in [6, 6.07) is 15.9. The topological polar surface area (TPSA) is 107 Å². The number of nitrogens with zero attached hydrogens (tertiary/aromatic N) is 2. The molecule has 4 rings (SSSR count). The maximum Gasteiger partial charge on any atom is 0.435 e. The lowest BCUT2D eigenvalue weighted by molar-refractivity contribution is -0.141. The van der Waals surface area contributed by atoms with Crippen molar-refractivity contribution in [2.75, 3.05) is 11.6 Å². The normalized spacial score (nSPS) is 12.0. The number of alkyl halides is 3. The van der Waals surface area contributed by atoms with Gasteiger partial charge in [-0.15, -0.1) is 11.3 Å². The fourth-order valence-electron chi connectivity index (χ4n) is 3.26. The van der Waals surface area contributed by atoms with Crippen LogP contribution in [0.1, 0.15) is 5.69 Å². The molecule has 0 aliphatic heterocycles. The van der Waals surface area contributed by atoms with E-state index in [0.717, 1.165) is 17.0 Å². The molecule has 2 aromatic heterocycles. The molecule has 0 saturated carbocycles. The van der Waals surface area contributed by atoms with Crippen molar-refractivity contribution in [2.45, 2.75) is 11.1 Å². The van der Waals surface area contributed by atoms with E-state index in [1.54, 1.807) is 42.5 Å². The molecule has 0 aliphatic carbocycles. The molecule has 2 heterocycles. The van der Waals surface area contributed by atoms with Crippen LogP contribution in [0.25, 0.3) is 26.7 Å². The molecule has 12 heteroatoms. The van der Waals surface area contributed by atoms with Gasteiger partial charge in [-0.3, -0.25) is 0 Å². The van der Waals surface area contributed by atoms with Gasteiger partial charge in [0.05, 0.1) is 21.2 Å². The number of aromatic nitrogens is 2. The number of sulfone groups is 1. The fourth-order valence-corrected chi connectivity index (χ4v) is 4.93. The number of nitrogens with one attached hydrogen (secondary N) is 1. The van der Waals surface area contributed by atoms with Crippen LogP contribution >= 0.6 is 11.3 Å². The van der Waals surface area contributed by atoms with Crippen molar-refractivity contribution in [3.63, 3.8) is 0 Å². The molecular weight excluding hydrogens is 489 g/mol. The summed E-state index contributed by atoms with van der Waals surface area (Å²) >= 11 is 1.19. The van der Waals surface area contributed by atoms with Crippen LogP contribution in [0.15, 0.2) is 71.6 Å². The van der Waals surface area contributed by atoms with E-state index in [1.165, 1.54) is 29.5 Å². The Kier molecular flexibility index (Phi) is 5.96. The zero-order valence-corrected chi connectivity index (χ0v) is 19.1. The molecule has 0 aliphatic rings. The lowest BCUT2D eigenvalue weighted by Gasteiger charge is -2.09. The Balaban J connectivity index is 1.81. The van der Waals surface area contributed by atoms with E-state index in [0.29, 0.717) is 21.0 Å². The summed E-state index contributed by atoms with van der Waals surface area (Å²) in [4.78, 5) is 12.5. The van der Waals surface area contributed by atoms with Crippen LogP contribution in [0, 0.1) is 0 Å². The van der Waals surface area contributed by atoms with E-state index in [9.17, 15) is 26.4 Å². The third kappa shape index (κ3) is 4.97. The molecule has 34 heavy (non-hydrogen) atoms. The third-order valence-corrected chi connectivity index (χ3v) is 7.03. The summed E-state index contributed by atoms with van der Waals surface area (Å²) < 4.78 is 65.4. The molecular formula is C22H17F3N4O3S2. The highest BCUT2D eigenvalue weighted by molar-refractivity contribution is 7.90. The van der Waals surface area contributed by atoms with Gasteiger partial charge in [-0.25, -0.2) is 17.9 Å². The zero-order chi connectivity index (χ0) is 24.7. The largest absolute Gasteiger partial charge is 0.435 e. The molecule has 0 radical (unpaired) electrons. The smallest absolute Gasteiger partial charge is 0.351 e. The Morgan fingerprint density at radius 3 is 2.41 bits per heavy atom. The Bertz CT molecular complexity index is 1490. The molecule has 0 fully saturated rings. The first-order valence-electron chi connectivity index (χ1n) is 9.67. The highest BCUT2D eigenvalue weighted by Gasteiger charge is 2.35. The molecule has 0 saturated heterocycles. The first kappa shape index (κ1) is 23.5. The Morgan fingerprint density at radius 1 is 1.03 bits per heavy atom. The molecule has 176 valence electrons. The summed E-state index contributed by atoms with van der Waals surface area (Å²) in [6.45, 7) is 0. The van der Waals surface area contributed by atoms with Gasteiger partial charge in [-0.1, -0.05) is 18.2 Å². The number of hydrogen-bond donors (Lipinski definition) is 2. The average Bonchev–Trinajstić information content (AvgIpc) is 3.40. The average molecular weight is 507 g/mol. The van der Waals surface area contributed by atoms with E-state index in [1.807, 2.05) is 0 Å². The van der Waals surface area contributed by atoms with Crippen LogP contribution in [-0.2, 0) is 16.0 Å². The Labute approximate surface area is 196 Å². The molecule has 0 unspecified atom stereocenters. The third-order valence-electron chi connectivity index (χ3n) is 4.76. The second-order valence-electron chi connectivity index (χ2n) is 7.33. The van der Waals surface area contributed by atoms with Gasteiger partial charge in [0.2, 0.25) is 0 Å². The van der Waals surface area contributed by atoms with Gasteiger partial charge in [0, 0.05) is 16.8 Å². The lowest BCUT2D eigenvalue weighted by atomic mass is 10.2. The monoisotopic (exact) mass is 506 g/mol. The molecule has 3 N–H and O–H groups in total. The van der Waals surface area contributed by atoms with E-state index < -0.39 is 27.7 Å². The van der Waals surface area contributed by atoms with Gasteiger partial charge in [-0.2, -0.15) is 18.3 Å². The number of nitrogens with two attached hydrogens (primary N) is 1. The van der Waals surface area contributed by atoms with Crippen LogP contribution in [0.5, 0.6) is 0 Å². The number of carbonyl (C=O) groups is 1. The summed E-state index contributed by atoms with van der Waals surface area (Å²) in [5.74, 6) is 0. The van der Waals surface area contributed by atoms with Crippen molar-refractivity contribution in [1.82, 2.24) is 9.78 Å².